The lowest BCUT2D eigenvalue weighted by molar-refractivity contribution is 0.112. The van der Waals surface area contributed by atoms with Crippen molar-refractivity contribution in [2.75, 3.05) is 7.11 Å². The van der Waals surface area contributed by atoms with E-state index < -0.39 is 0 Å². The monoisotopic (exact) mass is 290 g/mol. The summed E-state index contributed by atoms with van der Waals surface area (Å²) >= 11 is 5.84. The van der Waals surface area contributed by atoms with Crippen LogP contribution in [0.1, 0.15) is 10.4 Å². The van der Waals surface area contributed by atoms with E-state index in [4.69, 9.17) is 16.3 Å². The minimum Gasteiger partial charge on any atom is -0.504 e. The van der Waals surface area contributed by atoms with Gasteiger partial charge in [0.1, 0.15) is 0 Å². The number of aromatic hydroxyl groups is 1. The second-order valence-electron chi connectivity index (χ2n) is 3.88. The van der Waals surface area contributed by atoms with Crippen LogP contribution in [0.4, 0.5) is 11.4 Å². The predicted molar refractivity (Wildman–Crippen MR) is 75.7 cm³/mol. The third kappa shape index (κ3) is 3.13. The minimum absolute atomic E-state index is 0.0874. The number of methoxy groups -OCH3 is 1. The Bertz CT molecular complexity index is 671. The number of phenolic OH excluding ortho intramolecular Hbond substituents is 1. The Balaban J connectivity index is 2.36. The van der Waals surface area contributed by atoms with E-state index in [0.29, 0.717) is 22.7 Å². The minimum atomic E-state index is -0.218. The summed E-state index contributed by atoms with van der Waals surface area (Å²) < 4.78 is 4.97. The van der Waals surface area contributed by atoms with Crippen molar-refractivity contribution in [1.82, 2.24) is 0 Å². The quantitative estimate of drug-likeness (QED) is 0.674. The van der Waals surface area contributed by atoms with Crippen LogP contribution in [0.2, 0.25) is 5.02 Å². The molecule has 2 aromatic rings. The number of hydrogen-bond acceptors (Lipinski definition) is 5. The highest BCUT2D eigenvalue weighted by Gasteiger charge is 2.09. The van der Waals surface area contributed by atoms with Crippen molar-refractivity contribution in [2.24, 2.45) is 10.2 Å². The third-order valence-corrected chi connectivity index (χ3v) is 2.76. The summed E-state index contributed by atoms with van der Waals surface area (Å²) in [5, 5.41) is 18.2. The first-order valence-corrected chi connectivity index (χ1v) is 6.05. The molecule has 2 aromatic carbocycles. The van der Waals surface area contributed by atoms with Gasteiger partial charge in [-0.15, -0.1) is 0 Å². The van der Waals surface area contributed by atoms with Crippen molar-refractivity contribution in [2.45, 2.75) is 0 Å². The lowest BCUT2D eigenvalue weighted by Gasteiger charge is -2.05. The van der Waals surface area contributed by atoms with Gasteiger partial charge in [-0.05, 0) is 24.3 Å². The van der Waals surface area contributed by atoms with E-state index in [0.717, 1.165) is 0 Å². The molecule has 0 spiro atoms. The Hall–Kier alpha value is -2.40. The molecule has 6 heteroatoms. The van der Waals surface area contributed by atoms with Gasteiger partial charge >= 0.3 is 0 Å². The van der Waals surface area contributed by atoms with Gasteiger partial charge in [0.2, 0.25) is 0 Å². The van der Waals surface area contributed by atoms with Crippen LogP contribution in [0.15, 0.2) is 46.6 Å². The third-order valence-electron chi connectivity index (χ3n) is 2.53. The number of benzene rings is 2. The van der Waals surface area contributed by atoms with Crippen LogP contribution in [0.3, 0.4) is 0 Å². The Labute approximate surface area is 120 Å². The molecule has 0 radical (unpaired) electrons. The second kappa shape index (κ2) is 6.16. The number of nitrogens with zero attached hydrogens (tertiary/aromatic N) is 2. The van der Waals surface area contributed by atoms with Gasteiger partial charge in [0, 0.05) is 11.1 Å². The standard InChI is InChI=1S/C14H11ClN2O3/c1-20-13-7-12(5-9(8-18)14(13)19)17-16-11-4-2-3-10(15)6-11/h2-8,19H,1H3. The molecule has 0 unspecified atom stereocenters. The van der Waals surface area contributed by atoms with Crippen LogP contribution in [0.25, 0.3) is 0 Å². The SMILES string of the molecule is COc1cc(N=Nc2cccc(Cl)c2)cc(C=O)c1O. The van der Waals surface area contributed by atoms with E-state index in [-0.39, 0.29) is 17.1 Å². The van der Waals surface area contributed by atoms with Gasteiger partial charge < -0.3 is 9.84 Å². The number of carbonyl (C=O) groups excluding carboxylic acids is 1. The number of hydrogen-bond donors (Lipinski definition) is 1. The molecular formula is C14H11ClN2O3. The van der Waals surface area contributed by atoms with Crippen LogP contribution in [0.5, 0.6) is 11.5 Å². The highest BCUT2D eigenvalue weighted by atomic mass is 35.5. The molecule has 102 valence electrons. The van der Waals surface area contributed by atoms with Crippen molar-refractivity contribution in [3.05, 3.63) is 47.0 Å². The second-order valence-corrected chi connectivity index (χ2v) is 4.32. The number of phenols is 1. The zero-order valence-corrected chi connectivity index (χ0v) is 11.3. The van der Waals surface area contributed by atoms with E-state index in [1.807, 2.05) is 0 Å². The number of ether oxygens (including phenoxy) is 1. The molecular weight excluding hydrogens is 280 g/mol. The van der Waals surface area contributed by atoms with Crippen LogP contribution in [-0.2, 0) is 0 Å². The van der Waals surface area contributed by atoms with E-state index in [9.17, 15) is 9.90 Å². The van der Waals surface area contributed by atoms with Crippen molar-refractivity contribution >= 4 is 29.3 Å². The van der Waals surface area contributed by atoms with Crippen LogP contribution in [-0.4, -0.2) is 18.5 Å². The summed E-state index contributed by atoms with van der Waals surface area (Å²) in [6.45, 7) is 0. The molecule has 0 bridgehead atoms. The Morgan fingerprint density at radius 2 is 1.95 bits per heavy atom. The Morgan fingerprint density at radius 1 is 1.20 bits per heavy atom. The molecule has 2 rings (SSSR count). The Kier molecular flexibility index (Phi) is 4.32. The first-order chi connectivity index (χ1) is 9.63. The molecule has 0 fully saturated rings. The highest BCUT2D eigenvalue weighted by molar-refractivity contribution is 6.30. The maximum absolute atomic E-state index is 10.9. The smallest absolute Gasteiger partial charge is 0.168 e. The maximum atomic E-state index is 10.9. The molecule has 20 heavy (non-hydrogen) atoms. The largest absolute Gasteiger partial charge is 0.504 e. The summed E-state index contributed by atoms with van der Waals surface area (Å²) in [5.74, 6) is -0.0566. The van der Waals surface area contributed by atoms with Crippen molar-refractivity contribution < 1.29 is 14.6 Å². The molecule has 0 saturated carbocycles. The van der Waals surface area contributed by atoms with Crippen LogP contribution in [0, 0.1) is 0 Å². The summed E-state index contributed by atoms with van der Waals surface area (Å²) in [7, 11) is 1.39. The van der Waals surface area contributed by atoms with Crippen LogP contribution >= 0.6 is 11.6 Å². The number of azo groups is 1. The molecule has 0 saturated heterocycles. The summed E-state index contributed by atoms with van der Waals surface area (Å²) in [5.41, 5.74) is 1.06. The molecule has 0 aromatic heterocycles. The average Bonchev–Trinajstić information content (AvgIpc) is 2.46. The first kappa shape index (κ1) is 14.0. The summed E-state index contributed by atoms with van der Waals surface area (Å²) in [6, 6.07) is 9.78. The topological polar surface area (TPSA) is 71.2 Å². The summed E-state index contributed by atoms with van der Waals surface area (Å²) in [4.78, 5) is 10.9. The maximum Gasteiger partial charge on any atom is 0.168 e. The van der Waals surface area contributed by atoms with E-state index >= 15 is 0 Å². The number of carbonyl (C=O) groups is 1. The molecule has 0 aliphatic rings. The Morgan fingerprint density at radius 3 is 2.60 bits per heavy atom. The van der Waals surface area contributed by atoms with Gasteiger partial charge in [-0.25, -0.2) is 0 Å². The lowest BCUT2D eigenvalue weighted by Crippen LogP contribution is -1.88. The highest BCUT2D eigenvalue weighted by Crippen LogP contribution is 2.34. The lowest BCUT2D eigenvalue weighted by atomic mass is 10.2. The number of halogens is 1. The van der Waals surface area contributed by atoms with Gasteiger partial charge in [0.15, 0.2) is 17.8 Å². The van der Waals surface area contributed by atoms with E-state index in [1.54, 1.807) is 24.3 Å². The number of aldehydes is 1. The van der Waals surface area contributed by atoms with Crippen molar-refractivity contribution in [3.8, 4) is 11.5 Å². The fourth-order valence-electron chi connectivity index (χ4n) is 1.57. The van der Waals surface area contributed by atoms with Gasteiger partial charge in [-0.2, -0.15) is 10.2 Å². The fourth-order valence-corrected chi connectivity index (χ4v) is 1.76. The van der Waals surface area contributed by atoms with Crippen molar-refractivity contribution in [3.63, 3.8) is 0 Å². The zero-order valence-electron chi connectivity index (χ0n) is 10.6. The number of rotatable bonds is 4. The molecule has 0 aliphatic carbocycles. The fraction of sp³-hybridized carbons (Fsp3) is 0.0714. The van der Waals surface area contributed by atoms with E-state index in [1.165, 1.54) is 19.2 Å². The molecule has 5 nitrogen and oxygen atoms in total. The zero-order chi connectivity index (χ0) is 14.5. The van der Waals surface area contributed by atoms with Gasteiger partial charge in [-0.1, -0.05) is 17.7 Å². The molecule has 0 atom stereocenters. The van der Waals surface area contributed by atoms with E-state index in [2.05, 4.69) is 10.2 Å². The molecule has 0 heterocycles. The first-order valence-electron chi connectivity index (χ1n) is 5.67. The van der Waals surface area contributed by atoms with Gasteiger partial charge in [0.05, 0.1) is 24.0 Å². The summed E-state index contributed by atoms with van der Waals surface area (Å²) in [6.07, 6.45) is 0.524. The van der Waals surface area contributed by atoms with Gasteiger partial charge in [0.25, 0.3) is 0 Å². The predicted octanol–water partition coefficient (Wildman–Crippen LogP) is 4.28. The van der Waals surface area contributed by atoms with Gasteiger partial charge in [-0.3, -0.25) is 4.79 Å². The molecule has 1 N–H and O–H groups in total. The average molecular weight is 291 g/mol. The van der Waals surface area contributed by atoms with Crippen molar-refractivity contribution in [1.29, 1.82) is 0 Å². The van der Waals surface area contributed by atoms with Crippen LogP contribution < -0.4 is 4.74 Å². The normalized spacial score (nSPS) is 10.7. The molecule has 0 aliphatic heterocycles. The molecule has 0 amide bonds.